The molecule has 0 aliphatic rings. The summed E-state index contributed by atoms with van der Waals surface area (Å²) in [6.45, 7) is 3.64. The van der Waals surface area contributed by atoms with Crippen LogP contribution in [0.4, 0.5) is 5.69 Å². The van der Waals surface area contributed by atoms with Crippen LogP contribution in [0.25, 0.3) is 10.9 Å². The first-order valence-electron chi connectivity index (χ1n) is 6.82. The minimum atomic E-state index is 0.674. The average molecular weight is 365 g/mol. The van der Waals surface area contributed by atoms with Crippen molar-refractivity contribution in [2.75, 3.05) is 5.32 Å². The molecule has 0 aliphatic heterocycles. The quantitative estimate of drug-likeness (QED) is 0.699. The van der Waals surface area contributed by atoms with Gasteiger partial charge in [0, 0.05) is 27.1 Å². The summed E-state index contributed by atoms with van der Waals surface area (Å²) in [6.07, 6.45) is 0. The number of aryl methyl sites for hydroxylation is 1. The molecule has 0 unspecified atom stereocenters. The van der Waals surface area contributed by atoms with Crippen molar-refractivity contribution < 1.29 is 0 Å². The fourth-order valence-electron chi connectivity index (χ4n) is 2.38. The number of aromatic nitrogens is 2. The number of rotatable bonds is 4. The van der Waals surface area contributed by atoms with E-state index >= 15 is 0 Å². The fourth-order valence-corrected chi connectivity index (χ4v) is 3.20. The first-order chi connectivity index (χ1) is 10.2. The second-order valence-corrected chi connectivity index (χ2v) is 6.05. The van der Waals surface area contributed by atoms with E-state index in [-0.39, 0.29) is 0 Å². The van der Waals surface area contributed by atoms with Gasteiger partial charge in [-0.05, 0) is 47.1 Å². The monoisotopic (exact) mass is 363 g/mol. The number of hydrogen-bond acceptors (Lipinski definition) is 2. The molecule has 5 heteroatoms. The van der Waals surface area contributed by atoms with Crippen molar-refractivity contribution in [2.45, 2.75) is 20.0 Å². The second kappa shape index (κ2) is 6.08. The minimum Gasteiger partial charge on any atom is -0.378 e. The maximum atomic E-state index is 5.96. The first kappa shape index (κ1) is 14.4. The molecule has 3 nitrogen and oxygen atoms in total. The van der Waals surface area contributed by atoms with Crippen LogP contribution in [-0.4, -0.2) is 9.78 Å². The highest BCUT2D eigenvalue weighted by Crippen LogP contribution is 2.27. The van der Waals surface area contributed by atoms with Crippen LogP contribution >= 0.6 is 27.5 Å². The van der Waals surface area contributed by atoms with Gasteiger partial charge in [0.15, 0.2) is 0 Å². The largest absolute Gasteiger partial charge is 0.378 e. The van der Waals surface area contributed by atoms with Crippen molar-refractivity contribution in [2.24, 2.45) is 0 Å². The molecular weight excluding hydrogens is 350 g/mol. The van der Waals surface area contributed by atoms with Crippen LogP contribution in [0.5, 0.6) is 0 Å². The van der Waals surface area contributed by atoms with Crippen molar-refractivity contribution in [3.8, 4) is 0 Å². The Bertz CT molecular complexity index is 782. The maximum Gasteiger partial charge on any atom is 0.0894 e. The lowest BCUT2D eigenvalue weighted by Crippen LogP contribution is -2.03. The molecule has 1 N–H and O–H groups in total. The number of halogens is 2. The van der Waals surface area contributed by atoms with E-state index in [0.717, 1.165) is 22.4 Å². The fraction of sp³-hybridized carbons (Fsp3) is 0.188. The molecule has 0 aliphatic carbocycles. The Morgan fingerprint density at radius 3 is 2.81 bits per heavy atom. The van der Waals surface area contributed by atoms with E-state index in [0.29, 0.717) is 11.6 Å². The zero-order chi connectivity index (χ0) is 14.8. The molecule has 108 valence electrons. The molecule has 0 atom stereocenters. The second-order valence-electron chi connectivity index (χ2n) is 4.76. The van der Waals surface area contributed by atoms with Crippen LogP contribution < -0.4 is 5.32 Å². The van der Waals surface area contributed by atoms with Gasteiger partial charge in [-0.15, -0.1) is 0 Å². The van der Waals surface area contributed by atoms with E-state index in [4.69, 9.17) is 11.6 Å². The summed E-state index contributed by atoms with van der Waals surface area (Å²) in [4.78, 5) is 0. The maximum absolute atomic E-state index is 5.96. The highest BCUT2D eigenvalue weighted by Gasteiger charge is 2.09. The third-order valence-electron chi connectivity index (χ3n) is 3.41. The Morgan fingerprint density at radius 1 is 1.24 bits per heavy atom. The Hall–Kier alpha value is -1.52. The van der Waals surface area contributed by atoms with Gasteiger partial charge in [0.25, 0.3) is 0 Å². The third-order valence-corrected chi connectivity index (χ3v) is 4.30. The number of benzene rings is 2. The van der Waals surface area contributed by atoms with E-state index in [9.17, 15) is 0 Å². The predicted molar refractivity (Wildman–Crippen MR) is 91.9 cm³/mol. The topological polar surface area (TPSA) is 29.9 Å². The normalized spacial score (nSPS) is 11.0. The lowest BCUT2D eigenvalue weighted by Gasteiger charge is -2.07. The van der Waals surface area contributed by atoms with E-state index < -0.39 is 0 Å². The highest BCUT2D eigenvalue weighted by molar-refractivity contribution is 9.10. The van der Waals surface area contributed by atoms with E-state index in [1.54, 1.807) is 0 Å². The summed E-state index contributed by atoms with van der Waals surface area (Å²) in [6, 6.07) is 14.0. The summed E-state index contributed by atoms with van der Waals surface area (Å²) in [5.41, 5.74) is 3.23. The summed E-state index contributed by atoms with van der Waals surface area (Å²) in [7, 11) is 0. The smallest absolute Gasteiger partial charge is 0.0894 e. The van der Waals surface area contributed by atoms with Gasteiger partial charge in [-0.25, -0.2) is 0 Å². The summed E-state index contributed by atoms with van der Waals surface area (Å²) < 4.78 is 2.98. The highest BCUT2D eigenvalue weighted by atomic mass is 79.9. The summed E-state index contributed by atoms with van der Waals surface area (Å²) in [5, 5.41) is 10.00. The van der Waals surface area contributed by atoms with Crippen molar-refractivity contribution in [3.63, 3.8) is 0 Å². The number of nitrogens with zero attached hydrogens (tertiary/aromatic N) is 2. The predicted octanol–water partition coefficient (Wildman–Crippen LogP) is 5.08. The number of hydrogen-bond donors (Lipinski definition) is 1. The molecular formula is C16H15BrClN3. The SMILES string of the molecule is CCn1nc(CNc2ccc(Cl)cc2Br)c2ccccc21. The summed E-state index contributed by atoms with van der Waals surface area (Å²) in [5.74, 6) is 0. The molecule has 1 aromatic heterocycles. The van der Waals surface area contributed by atoms with Crippen LogP contribution in [0.1, 0.15) is 12.6 Å². The standard InChI is InChI=1S/C16H15BrClN3/c1-2-21-16-6-4-3-5-12(16)15(20-21)10-19-14-8-7-11(18)9-13(14)17/h3-9,19H,2,10H2,1H3. The molecule has 3 aromatic rings. The van der Waals surface area contributed by atoms with Crippen LogP contribution in [0.3, 0.4) is 0 Å². The summed E-state index contributed by atoms with van der Waals surface area (Å²) >= 11 is 9.48. The van der Waals surface area contributed by atoms with E-state index in [1.165, 1.54) is 10.9 Å². The molecule has 21 heavy (non-hydrogen) atoms. The van der Waals surface area contributed by atoms with Gasteiger partial charge in [0.1, 0.15) is 0 Å². The zero-order valence-electron chi connectivity index (χ0n) is 11.6. The van der Waals surface area contributed by atoms with Crippen LogP contribution in [0.2, 0.25) is 5.02 Å². The van der Waals surface area contributed by atoms with Gasteiger partial charge in [-0.3, -0.25) is 4.68 Å². The van der Waals surface area contributed by atoms with Crippen molar-refractivity contribution in [1.82, 2.24) is 9.78 Å². The van der Waals surface area contributed by atoms with Crippen LogP contribution in [0, 0.1) is 0 Å². The molecule has 0 saturated carbocycles. The van der Waals surface area contributed by atoms with Crippen molar-refractivity contribution >= 4 is 44.1 Å². The number of anilines is 1. The lowest BCUT2D eigenvalue weighted by atomic mass is 10.2. The number of nitrogens with one attached hydrogen (secondary N) is 1. The van der Waals surface area contributed by atoms with Crippen molar-refractivity contribution in [3.05, 3.63) is 57.7 Å². The first-order valence-corrected chi connectivity index (χ1v) is 7.99. The van der Waals surface area contributed by atoms with Gasteiger partial charge >= 0.3 is 0 Å². The molecule has 1 heterocycles. The Labute approximate surface area is 137 Å². The molecule has 0 amide bonds. The van der Waals surface area contributed by atoms with Gasteiger partial charge in [-0.2, -0.15) is 5.10 Å². The van der Waals surface area contributed by atoms with Crippen LogP contribution in [0.15, 0.2) is 46.9 Å². The molecule has 0 bridgehead atoms. The Kier molecular flexibility index (Phi) is 4.17. The molecule has 0 spiro atoms. The Balaban J connectivity index is 1.88. The average Bonchev–Trinajstić information content (AvgIpc) is 2.85. The van der Waals surface area contributed by atoms with Crippen LogP contribution in [-0.2, 0) is 13.1 Å². The van der Waals surface area contributed by atoms with Gasteiger partial charge < -0.3 is 5.32 Å². The molecule has 0 saturated heterocycles. The van der Waals surface area contributed by atoms with Gasteiger partial charge in [0.2, 0.25) is 0 Å². The van der Waals surface area contributed by atoms with Gasteiger partial charge in [-0.1, -0.05) is 29.8 Å². The minimum absolute atomic E-state index is 0.674. The van der Waals surface area contributed by atoms with E-state index in [1.807, 2.05) is 35.0 Å². The molecule has 0 radical (unpaired) electrons. The zero-order valence-corrected chi connectivity index (χ0v) is 13.9. The third kappa shape index (κ3) is 2.92. The molecule has 3 rings (SSSR count). The molecule has 0 fully saturated rings. The lowest BCUT2D eigenvalue weighted by molar-refractivity contribution is 0.671. The Morgan fingerprint density at radius 2 is 2.05 bits per heavy atom. The molecule has 2 aromatic carbocycles. The number of fused-ring (bicyclic) bond motifs is 1. The van der Waals surface area contributed by atoms with Gasteiger partial charge in [0.05, 0.1) is 17.8 Å². The van der Waals surface area contributed by atoms with Crippen molar-refractivity contribution in [1.29, 1.82) is 0 Å². The van der Waals surface area contributed by atoms with E-state index in [2.05, 4.69) is 45.4 Å². The number of para-hydroxylation sites is 1.